The van der Waals surface area contributed by atoms with Gasteiger partial charge in [-0.05, 0) is 48.9 Å². The lowest BCUT2D eigenvalue weighted by Gasteiger charge is -2.09. The number of hydrogen-bond donors (Lipinski definition) is 0. The monoisotopic (exact) mass is 396 g/mol. The van der Waals surface area contributed by atoms with Gasteiger partial charge in [0.1, 0.15) is 11.5 Å². The van der Waals surface area contributed by atoms with Crippen molar-refractivity contribution in [1.82, 2.24) is 0 Å². The first-order chi connectivity index (χ1) is 12.8. The summed E-state index contributed by atoms with van der Waals surface area (Å²) >= 11 is 1.49. The summed E-state index contributed by atoms with van der Waals surface area (Å²) in [5, 5.41) is 0.642. The molecule has 2 aromatic heterocycles. The molecule has 4 nitrogen and oxygen atoms in total. The zero-order valence-electron chi connectivity index (χ0n) is 14.7. The van der Waals surface area contributed by atoms with Crippen LogP contribution in [0.2, 0.25) is 0 Å². The Hall–Kier alpha value is -2.70. The largest absolute Gasteiger partial charge is 0.461 e. The van der Waals surface area contributed by atoms with Crippen molar-refractivity contribution < 1.29 is 12.8 Å². The molecule has 4 rings (SSSR count). The van der Waals surface area contributed by atoms with Crippen LogP contribution in [0.1, 0.15) is 5.76 Å². The average molecular weight is 396 g/mol. The van der Waals surface area contributed by atoms with Gasteiger partial charge in [-0.25, -0.2) is 8.42 Å². The Bertz CT molecular complexity index is 1310. The van der Waals surface area contributed by atoms with Crippen LogP contribution in [-0.2, 0) is 9.84 Å². The van der Waals surface area contributed by atoms with Crippen molar-refractivity contribution in [3.05, 3.63) is 76.6 Å². The van der Waals surface area contributed by atoms with Gasteiger partial charge in [-0.3, -0.25) is 4.79 Å². The van der Waals surface area contributed by atoms with E-state index in [1.54, 1.807) is 30.3 Å². The molecular formula is C21H16O4S2. The van der Waals surface area contributed by atoms with E-state index in [1.807, 2.05) is 37.3 Å². The zero-order valence-corrected chi connectivity index (χ0v) is 16.4. The maximum atomic E-state index is 13.2. The van der Waals surface area contributed by atoms with Gasteiger partial charge in [0.15, 0.2) is 15.3 Å². The SMILES string of the molecule is Cc1ccc(-c2c(-c3ccc(S(C)(=O)=O)cc3)sc3ccccc3c2=O)o1. The van der Waals surface area contributed by atoms with Crippen LogP contribution in [0.4, 0.5) is 0 Å². The zero-order chi connectivity index (χ0) is 19.2. The normalized spacial score (nSPS) is 11.8. The summed E-state index contributed by atoms with van der Waals surface area (Å²) in [5.74, 6) is 1.24. The summed E-state index contributed by atoms with van der Waals surface area (Å²) in [6.07, 6.45) is 1.17. The molecule has 0 amide bonds. The van der Waals surface area contributed by atoms with E-state index < -0.39 is 9.84 Å². The Balaban J connectivity index is 2.03. The molecule has 0 N–H and O–H groups in total. The molecule has 27 heavy (non-hydrogen) atoms. The molecule has 0 saturated carbocycles. The molecule has 0 saturated heterocycles. The number of benzene rings is 2. The molecule has 0 unspecified atom stereocenters. The Morgan fingerprint density at radius 2 is 1.63 bits per heavy atom. The summed E-state index contributed by atoms with van der Waals surface area (Å²) in [6.45, 7) is 1.83. The summed E-state index contributed by atoms with van der Waals surface area (Å²) in [5.41, 5.74) is 1.18. The Morgan fingerprint density at radius 3 is 2.26 bits per heavy atom. The number of hydrogen-bond acceptors (Lipinski definition) is 5. The predicted molar refractivity (Wildman–Crippen MR) is 109 cm³/mol. The minimum Gasteiger partial charge on any atom is -0.461 e. The fraction of sp³-hybridized carbons (Fsp3) is 0.0952. The van der Waals surface area contributed by atoms with E-state index in [9.17, 15) is 13.2 Å². The molecule has 0 radical (unpaired) electrons. The van der Waals surface area contributed by atoms with E-state index in [2.05, 4.69) is 0 Å². The van der Waals surface area contributed by atoms with E-state index in [0.717, 1.165) is 20.9 Å². The third-order valence-electron chi connectivity index (χ3n) is 4.33. The Kier molecular flexibility index (Phi) is 4.25. The predicted octanol–water partition coefficient (Wildman–Crippen LogP) is 4.90. The van der Waals surface area contributed by atoms with E-state index in [0.29, 0.717) is 16.7 Å². The topological polar surface area (TPSA) is 64.3 Å². The molecule has 0 atom stereocenters. The Labute approximate surface area is 160 Å². The van der Waals surface area contributed by atoms with Crippen molar-refractivity contribution in [3.63, 3.8) is 0 Å². The summed E-state index contributed by atoms with van der Waals surface area (Å²) in [4.78, 5) is 14.2. The van der Waals surface area contributed by atoms with Crippen molar-refractivity contribution in [1.29, 1.82) is 0 Å². The van der Waals surface area contributed by atoms with Crippen LogP contribution in [0, 0.1) is 6.92 Å². The second-order valence-corrected chi connectivity index (χ2v) is 9.41. The molecular weight excluding hydrogens is 380 g/mol. The molecule has 0 aliphatic rings. The van der Waals surface area contributed by atoms with Crippen molar-refractivity contribution in [2.75, 3.05) is 6.26 Å². The molecule has 0 fully saturated rings. The first-order valence-corrected chi connectivity index (χ1v) is 11.0. The molecule has 4 aromatic rings. The fourth-order valence-electron chi connectivity index (χ4n) is 2.99. The van der Waals surface area contributed by atoms with Gasteiger partial charge < -0.3 is 4.42 Å². The smallest absolute Gasteiger partial charge is 0.199 e. The molecule has 2 aromatic carbocycles. The summed E-state index contributed by atoms with van der Waals surface area (Å²) < 4.78 is 30.1. The number of rotatable bonds is 3. The van der Waals surface area contributed by atoms with E-state index in [4.69, 9.17) is 4.42 Å². The van der Waals surface area contributed by atoms with Crippen LogP contribution in [-0.4, -0.2) is 14.7 Å². The summed E-state index contributed by atoms with van der Waals surface area (Å²) in [6, 6.07) is 17.7. The molecule has 0 aliphatic heterocycles. The van der Waals surface area contributed by atoms with Gasteiger partial charge in [0.2, 0.25) is 0 Å². The maximum Gasteiger partial charge on any atom is 0.199 e. The van der Waals surface area contributed by atoms with E-state index in [-0.39, 0.29) is 10.3 Å². The minimum absolute atomic E-state index is 0.0964. The maximum absolute atomic E-state index is 13.2. The first kappa shape index (κ1) is 17.7. The quantitative estimate of drug-likeness (QED) is 0.494. The van der Waals surface area contributed by atoms with Gasteiger partial charge in [-0.15, -0.1) is 11.3 Å². The summed E-state index contributed by atoms with van der Waals surface area (Å²) in [7, 11) is -3.28. The first-order valence-electron chi connectivity index (χ1n) is 8.28. The van der Waals surface area contributed by atoms with E-state index >= 15 is 0 Å². The van der Waals surface area contributed by atoms with Crippen LogP contribution < -0.4 is 5.43 Å². The highest BCUT2D eigenvalue weighted by Gasteiger charge is 2.19. The van der Waals surface area contributed by atoms with Crippen molar-refractivity contribution >= 4 is 31.3 Å². The highest BCUT2D eigenvalue weighted by Crippen LogP contribution is 2.37. The number of aryl methyl sites for hydroxylation is 1. The Morgan fingerprint density at radius 1 is 0.926 bits per heavy atom. The van der Waals surface area contributed by atoms with Crippen LogP contribution in [0.15, 0.2) is 74.8 Å². The van der Waals surface area contributed by atoms with Crippen molar-refractivity contribution in [2.24, 2.45) is 0 Å². The number of sulfone groups is 1. The second kappa shape index (κ2) is 6.48. The van der Waals surface area contributed by atoms with Crippen LogP contribution in [0.5, 0.6) is 0 Å². The average Bonchev–Trinajstić information content (AvgIpc) is 3.07. The van der Waals surface area contributed by atoms with Gasteiger partial charge in [-0.2, -0.15) is 0 Å². The second-order valence-electron chi connectivity index (χ2n) is 6.34. The van der Waals surface area contributed by atoms with Crippen molar-refractivity contribution in [2.45, 2.75) is 11.8 Å². The van der Waals surface area contributed by atoms with Gasteiger partial charge in [0.25, 0.3) is 0 Å². The standard InChI is InChI=1S/C21H16O4S2/c1-13-7-12-17(25-13)19-20(22)16-5-3-4-6-18(16)26-21(19)14-8-10-15(11-9-14)27(2,23)24/h3-12H,1-2H3. The lowest BCUT2D eigenvalue weighted by molar-refractivity contribution is 0.548. The highest BCUT2D eigenvalue weighted by atomic mass is 32.2. The molecule has 0 aliphatic carbocycles. The highest BCUT2D eigenvalue weighted by molar-refractivity contribution is 7.90. The van der Waals surface area contributed by atoms with Gasteiger partial charge in [0.05, 0.1) is 10.5 Å². The van der Waals surface area contributed by atoms with E-state index in [1.165, 1.54) is 17.6 Å². The van der Waals surface area contributed by atoms with Crippen molar-refractivity contribution in [3.8, 4) is 21.8 Å². The van der Waals surface area contributed by atoms with Gasteiger partial charge >= 0.3 is 0 Å². The third kappa shape index (κ3) is 3.22. The lowest BCUT2D eigenvalue weighted by Crippen LogP contribution is -2.05. The van der Waals surface area contributed by atoms with Crippen LogP contribution >= 0.6 is 11.3 Å². The molecule has 6 heteroatoms. The van der Waals surface area contributed by atoms with Crippen LogP contribution in [0.3, 0.4) is 0 Å². The number of fused-ring (bicyclic) bond motifs is 1. The molecule has 136 valence electrons. The molecule has 0 spiro atoms. The molecule has 0 bridgehead atoms. The third-order valence-corrected chi connectivity index (χ3v) is 6.68. The lowest BCUT2D eigenvalue weighted by atomic mass is 10.1. The van der Waals surface area contributed by atoms with Gasteiger partial charge in [0, 0.05) is 21.2 Å². The van der Waals surface area contributed by atoms with Gasteiger partial charge in [-0.1, -0.05) is 24.3 Å². The molecule has 2 heterocycles. The van der Waals surface area contributed by atoms with Crippen LogP contribution in [0.25, 0.3) is 31.9 Å². The fourth-order valence-corrected chi connectivity index (χ4v) is 4.81. The minimum atomic E-state index is -3.28. The number of furan rings is 1.